The van der Waals surface area contributed by atoms with Gasteiger partial charge in [-0.1, -0.05) is 0 Å². The summed E-state index contributed by atoms with van der Waals surface area (Å²) >= 11 is 0. The summed E-state index contributed by atoms with van der Waals surface area (Å²) in [4.78, 5) is 34.8. The molecule has 3 amide bonds. The third-order valence-electron chi connectivity index (χ3n) is 2.97. The van der Waals surface area contributed by atoms with Gasteiger partial charge in [-0.3, -0.25) is 4.79 Å². The van der Waals surface area contributed by atoms with E-state index in [4.69, 9.17) is 10.2 Å². The summed E-state index contributed by atoms with van der Waals surface area (Å²) < 4.78 is 0. The fourth-order valence-electron chi connectivity index (χ4n) is 1.94. The Labute approximate surface area is 110 Å². The first-order valence-corrected chi connectivity index (χ1v) is 6.10. The summed E-state index contributed by atoms with van der Waals surface area (Å²) in [6.45, 7) is 1.67. The molecular weight excluding hydrogens is 254 g/mol. The van der Waals surface area contributed by atoms with Crippen LogP contribution in [0.15, 0.2) is 0 Å². The minimum atomic E-state index is -1.29. The van der Waals surface area contributed by atoms with Crippen molar-refractivity contribution >= 4 is 17.9 Å². The number of urea groups is 1. The maximum Gasteiger partial charge on any atom is 0.328 e. The second-order valence-corrected chi connectivity index (χ2v) is 4.48. The van der Waals surface area contributed by atoms with E-state index in [-0.39, 0.29) is 11.9 Å². The monoisotopic (exact) mass is 273 g/mol. The van der Waals surface area contributed by atoms with Crippen molar-refractivity contribution in [3.05, 3.63) is 0 Å². The number of aliphatic hydroxyl groups excluding tert-OH is 1. The number of carboxylic acids is 1. The molecule has 1 aliphatic heterocycles. The van der Waals surface area contributed by atoms with Crippen molar-refractivity contribution in [1.29, 1.82) is 0 Å². The molecule has 8 heteroatoms. The lowest BCUT2D eigenvalue weighted by atomic mass is 10.1. The number of aliphatic hydroxyl groups is 1. The molecule has 8 nitrogen and oxygen atoms in total. The molecule has 108 valence electrons. The van der Waals surface area contributed by atoms with Crippen LogP contribution in [0.2, 0.25) is 0 Å². The summed E-state index contributed by atoms with van der Waals surface area (Å²) in [5.74, 6) is -1.38. The normalized spacial score (nSPS) is 17.7. The Bertz CT molecular complexity index is 352. The standard InChI is InChI=1S/C11H19N3O5/c1-7(16)12-8-2-4-14(5-3-8)11(19)13-9(6-15)10(17)18/h8-9,15H,2-6H2,1H3,(H,12,16)(H,13,19)(H,17,18)/t9-/m1/s1. The van der Waals surface area contributed by atoms with E-state index in [1.165, 1.54) is 11.8 Å². The van der Waals surface area contributed by atoms with Crippen molar-refractivity contribution in [3.63, 3.8) is 0 Å². The van der Waals surface area contributed by atoms with Crippen LogP contribution in [0.25, 0.3) is 0 Å². The molecule has 1 aliphatic rings. The Balaban J connectivity index is 2.40. The van der Waals surface area contributed by atoms with Crippen LogP contribution in [-0.2, 0) is 9.59 Å². The number of carboxylic acid groups (broad SMARTS) is 1. The number of rotatable bonds is 4. The maximum absolute atomic E-state index is 11.8. The SMILES string of the molecule is CC(=O)NC1CCN(C(=O)N[C@H](CO)C(=O)O)CC1. The first kappa shape index (κ1) is 15.2. The van der Waals surface area contributed by atoms with E-state index in [1.54, 1.807) is 0 Å². The number of carbonyl (C=O) groups excluding carboxylic acids is 2. The number of likely N-dealkylation sites (tertiary alicyclic amines) is 1. The predicted octanol–water partition coefficient (Wildman–Crippen LogP) is -1.26. The average Bonchev–Trinajstić information content (AvgIpc) is 2.35. The van der Waals surface area contributed by atoms with Crippen LogP contribution >= 0.6 is 0 Å². The Morgan fingerprint density at radius 1 is 1.32 bits per heavy atom. The van der Waals surface area contributed by atoms with E-state index < -0.39 is 24.6 Å². The minimum Gasteiger partial charge on any atom is -0.480 e. The number of aliphatic carboxylic acids is 1. The van der Waals surface area contributed by atoms with Crippen LogP contribution in [-0.4, -0.2) is 64.8 Å². The number of amides is 3. The zero-order chi connectivity index (χ0) is 14.4. The average molecular weight is 273 g/mol. The van der Waals surface area contributed by atoms with Crippen LogP contribution in [0.5, 0.6) is 0 Å². The van der Waals surface area contributed by atoms with Gasteiger partial charge in [0.25, 0.3) is 0 Å². The van der Waals surface area contributed by atoms with Crippen molar-refractivity contribution in [3.8, 4) is 0 Å². The van der Waals surface area contributed by atoms with Gasteiger partial charge in [0, 0.05) is 26.1 Å². The van der Waals surface area contributed by atoms with Gasteiger partial charge in [-0.05, 0) is 12.8 Å². The van der Waals surface area contributed by atoms with E-state index >= 15 is 0 Å². The first-order valence-electron chi connectivity index (χ1n) is 6.10. The summed E-state index contributed by atoms with van der Waals surface area (Å²) in [5, 5.41) is 22.6. The molecule has 0 aromatic carbocycles. The summed E-state index contributed by atoms with van der Waals surface area (Å²) in [5.41, 5.74) is 0. The molecule has 0 unspecified atom stereocenters. The lowest BCUT2D eigenvalue weighted by molar-refractivity contribution is -0.140. The molecule has 0 aromatic heterocycles. The maximum atomic E-state index is 11.8. The molecule has 1 atom stereocenters. The van der Waals surface area contributed by atoms with Gasteiger partial charge in [-0.2, -0.15) is 0 Å². The number of hydrogen-bond acceptors (Lipinski definition) is 4. The topological polar surface area (TPSA) is 119 Å². The molecule has 0 spiro atoms. The lowest BCUT2D eigenvalue weighted by Crippen LogP contribution is -2.53. The van der Waals surface area contributed by atoms with Crippen molar-refractivity contribution < 1.29 is 24.6 Å². The van der Waals surface area contributed by atoms with Crippen LogP contribution < -0.4 is 10.6 Å². The van der Waals surface area contributed by atoms with Gasteiger partial charge in [-0.15, -0.1) is 0 Å². The number of piperidine rings is 1. The molecule has 0 radical (unpaired) electrons. The molecule has 1 fully saturated rings. The van der Waals surface area contributed by atoms with Gasteiger partial charge in [0.05, 0.1) is 6.61 Å². The van der Waals surface area contributed by atoms with Gasteiger partial charge < -0.3 is 25.7 Å². The van der Waals surface area contributed by atoms with Crippen LogP contribution in [0, 0.1) is 0 Å². The first-order chi connectivity index (χ1) is 8.93. The molecule has 1 rings (SSSR count). The second kappa shape index (κ2) is 6.93. The number of nitrogens with one attached hydrogen (secondary N) is 2. The quantitative estimate of drug-likeness (QED) is 0.510. The van der Waals surface area contributed by atoms with Crippen molar-refractivity contribution in [1.82, 2.24) is 15.5 Å². The highest BCUT2D eigenvalue weighted by atomic mass is 16.4. The van der Waals surface area contributed by atoms with Gasteiger partial charge in [0.2, 0.25) is 5.91 Å². The van der Waals surface area contributed by atoms with Crippen molar-refractivity contribution in [2.24, 2.45) is 0 Å². The van der Waals surface area contributed by atoms with Gasteiger partial charge in [0.15, 0.2) is 6.04 Å². The minimum absolute atomic E-state index is 0.0506. The van der Waals surface area contributed by atoms with Crippen molar-refractivity contribution in [2.45, 2.75) is 31.8 Å². The van der Waals surface area contributed by atoms with E-state index in [0.29, 0.717) is 25.9 Å². The summed E-state index contributed by atoms with van der Waals surface area (Å²) in [6.07, 6.45) is 1.26. The molecule has 19 heavy (non-hydrogen) atoms. The van der Waals surface area contributed by atoms with Crippen LogP contribution in [0.1, 0.15) is 19.8 Å². The molecular formula is C11H19N3O5. The molecule has 1 saturated heterocycles. The molecule has 4 N–H and O–H groups in total. The molecule has 1 heterocycles. The Hall–Kier alpha value is -1.83. The lowest BCUT2D eigenvalue weighted by Gasteiger charge is -2.32. The van der Waals surface area contributed by atoms with Gasteiger partial charge >= 0.3 is 12.0 Å². The van der Waals surface area contributed by atoms with E-state index in [2.05, 4.69) is 10.6 Å². The fraction of sp³-hybridized carbons (Fsp3) is 0.727. The van der Waals surface area contributed by atoms with E-state index in [1.807, 2.05) is 0 Å². The largest absolute Gasteiger partial charge is 0.480 e. The van der Waals surface area contributed by atoms with Crippen molar-refractivity contribution in [2.75, 3.05) is 19.7 Å². The van der Waals surface area contributed by atoms with Gasteiger partial charge in [0.1, 0.15) is 0 Å². The number of hydrogen-bond donors (Lipinski definition) is 4. The third kappa shape index (κ3) is 4.74. The molecule has 0 aromatic rings. The van der Waals surface area contributed by atoms with E-state index in [9.17, 15) is 14.4 Å². The van der Waals surface area contributed by atoms with E-state index in [0.717, 1.165) is 0 Å². The third-order valence-corrected chi connectivity index (χ3v) is 2.97. The smallest absolute Gasteiger partial charge is 0.328 e. The Morgan fingerprint density at radius 3 is 2.32 bits per heavy atom. The highest BCUT2D eigenvalue weighted by Crippen LogP contribution is 2.10. The Kier molecular flexibility index (Phi) is 5.56. The second-order valence-electron chi connectivity index (χ2n) is 4.48. The highest BCUT2D eigenvalue weighted by Gasteiger charge is 2.26. The molecule has 0 saturated carbocycles. The number of nitrogens with zero attached hydrogens (tertiary/aromatic N) is 1. The summed E-state index contributed by atoms with van der Waals surface area (Å²) in [7, 11) is 0. The zero-order valence-electron chi connectivity index (χ0n) is 10.8. The predicted molar refractivity (Wildman–Crippen MR) is 65.5 cm³/mol. The highest BCUT2D eigenvalue weighted by molar-refractivity contribution is 5.82. The zero-order valence-corrected chi connectivity index (χ0v) is 10.8. The Morgan fingerprint density at radius 2 is 1.89 bits per heavy atom. The summed E-state index contributed by atoms with van der Waals surface area (Å²) in [6, 6.07) is -1.75. The van der Waals surface area contributed by atoms with Gasteiger partial charge in [-0.25, -0.2) is 9.59 Å². The molecule has 0 aliphatic carbocycles. The van der Waals surface area contributed by atoms with Crippen LogP contribution in [0.4, 0.5) is 4.79 Å². The molecule has 0 bridgehead atoms. The fourth-order valence-corrected chi connectivity index (χ4v) is 1.94. The van der Waals surface area contributed by atoms with Crippen LogP contribution in [0.3, 0.4) is 0 Å². The number of carbonyl (C=O) groups is 3.